The smallest absolute Gasteiger partial charge is 0.255 e. The van der Waals surface area contributed by atoms with Crippen LogP contribution in [0.25, 0.3) is 16.9 Å². The summed E-state index contributed by atoms with van der Waals surface area (Å²) in [4.78, 5) is 21.5. The lowest BCUT2D eigenvalue weighted by Crippen LogP contribution is -2.25. The Morgan fingerprint density at radius 3 is 2.79 bits per heavy atom. The first-order chi connectivity index (χ1) is 15.9. The Morgan fingerprint density at radius 1 is 1.33 bits per heavy atom. The number of benzene rings is 1. The highest BCUT2D eigenvalue weighted by molar-refractivity contribution is 6.32. The lowest BCUT2D eigenvalue weighted by Gasteiger charge is -2.22. The molecular formula is C22H25ClN8O2. The fourth-order valence-electron chi connectivity index (χ4n) is 3.81. The molecule has 0 saturated carbocycles. The van der Waals surface area contributed by atoms with E-state index in [9.17, 15) is 4.79 Å². The lowest BCUT2D eigenvalue weighted by atomic mass is 9.98. The molecule has 1 unspecified atom stereocenters. The first-order valence-electron chi connectivity index (χ1n) is 10.6. The fraction of sp³-hybridized carbons (Fsp3) is 0.318. The van der Waals surface area contributed by atoms with Gasteiger partial charge in [-0.05, 0) is 45.4 Å². The highest BCUT2D eigenvalue weighted by Crippen LogP contribution is 2.39. The van der Waals surface area contributed by atoms with Crippen molar-refractivity contribution in [3.63, 3.8) is 0 Å². The summed E-state index contributed by atoms with van der Waals surface area (Å²) >= 11 is 6.57. The minimum atomic E-state index is -0.404. The van der Waals surface area contributed by atoms with Crippen LogP contribution in [0, 0.1) is 6.92 Å². The van der Waals surface area contributed by atoms with Crippen LogP contribution in [0.5, 0.6) is 5.75 Å². The Hall–Kier alpha value is -3.66. The second kappa shape index (κ2) is 9.07. The molecule has 0 aliphatic carbocycles. The van der Waals surface area contributed by atoms with Gasteiger partial charge in [0.25, 0.3) is 5.91 Å². The molecule has 1 aromatic carbocycles. The number of anilines is 1. The van der Waals surface area contributed by atoms with Crippen LogP contribution in [-0.2, 0) is 0 Å². The van der Waals surface area contributed by atoms with Crippen molar-refractivity contribution in [3.05, 3.63) is 52.6 Å². The largest absolute Gasteiger partial charge is 0.493 e. The first-order valence-corrected chi connectivity index (χ1v) is 11.0. The molecule has 3 heterocycles. The van der Waals surface area contributed by atoms with E-state index in [-0.39, 0.29) is 5.91 Å². The van der Waals surface area contributed by atoms with Crippen molar-refractivity contribution >= 4 is 34.4 Å². The summed E-state index contributed by atoms with van der Waals surface area (Å²) in [5.74, 6) is 1.01. The molecule has 172 valence electrons. The van der Waals surface area contributed by atoms with E-state index in [2.05, 4.69) is 20.4 Å². The second-order valence-corrected chi connectivity index (χ2v) is 7.83. The number of ether oxygens (including phenoxy) is 1. The van der Waals surface area contributed by atoms with E-state index in [1.807, 2.05) is 20.8 Å². The van der Waals surface area contributed by atoms with Crippen LogP contribution in [0.3, 0.4) is 0 Å². The summed E-state index contributed by atoms with van der Waals surface area (Å²) in [6.07, 6.45) is 4.81. The number of nitrogens with two attached hydrogens (primary N) is 1. The number of fused-ring (bicyclic) bond motifs is 1. The maximum Gasteiger partial charge on any atom is 0.255 e. The van der Waals surface area contributed by atoms with Gasteiger partial charge < -0.3 is 15.8 Å². The molecule has 0 fully saturated rings. The number of carbonyl (C=O) groups excluding carboxylic acids is 1. The van der Waals surface area contributed by atoms with E-state index >= 15 is 0 Å². The number of hydrogen-bond donors (Lipinski definition) is 2. The third-order valence-corrected chi connectivity index (χ3v) is 5.79. The van der Waals surface area contributed by atoms with Gasteiger partial charge in [-0.3, -0.25) is 4.79 Å². The van der Waals surface area contributed by atoms with Crippen LogP contribution in [0.2, 0.25) is 5.02 Å². The van der Waals surface area contributed by atoms with Crippen molar-refractivity contribution in [3.8, 4) is 11.6 Å². The van der Waals surface area contributed by atoms with Gasteiger partial charge in [-0.1, -0.05) is 11.6 Å². The van der Waals surface area contributed by atoms with E-state index in [4.69, 9.17) is 27.2 Å². The zero-order valence-electron chi connectivity index (χ0n) is 18.8. The normalized spacial score (nSPS) is 12.2. The van der Waals surface area contributed by atoms with Gasteiger partial charge in [0.1, 0.15) is 23.3 Å². The van der Waals surface area contributed by atoms with Crippen LogP contribution in [0.1, 0.15) is 48.3 Å². The molecule has 0 aliphatic heterocycles. The van der Waals surface area contributed by atoms with Crippen molar-refractivity contribution in [1.29, 1.82) is 0 Å². The van der Waals surface area contributed by atoms with E-state index in [1.54, 1.807) is 40.8 Å². The minimum Gasteiger partial charge on any atom is -0.493 e. The average molecular weight is 469 g/mol. The Bertz CT molecular complexity index is 1320. The van der Waals surface area contributed by atoms with Gasteiger partial charge in [0.2, 0.25) is 0 Å². The highest BCUT2D eigenvalue weighted by atomic mass is 35.5. The minimum absolute atomic E-state index is 0.247. The van der Waals surface area contributed by atoms with Crippen molar-refractivity contribution in [2.45, 2.75) is 33.7 Å². The molecule has 0 radical (unpaired) electrons. The monoisotopic (exact) mass is 468 g/mol. The Labute approximate surface area is 195 Å². The van der Waals surface area contributed by atoms with E-state index < -0.39 is 6.04 Å². The van der Waals surface area contributed by atoms with Crippen LogP contribution < -0.4 is 15.8 Å². The second-order valence-electron chi connectivity index (χ2n) is 7.42. The molecule has 0 saturated heterocycles. The molecule has 4 aromatic rings. The fourth-order valence-corrected chi connectivity index (χ4v) is 4.02. The standard InChI is InChI=1S/C22H25ClN8O2/c1-5-25-22(32)16-12(3)15(23)10-14(18(16)33-6-2)13(4)31-20-17(19(24)26-11-27-20)21(29-31)30-9-7-8-28-30/h7-11,13H,5-6H2,1-4H3,(H,25,32)(H2,24,26,27). The summed E-state index contributed by atoms with van der Waals surface area (Å²) < 4.78 is 9.32. The molecular weight excluding hydrogens is 444 g/mol. The Kier molecular flexibility index (Phi) is 6.19. The Balaban J connectivity index is 1.96. The third-order valence-electron chi connectivity index (χ3n) is 5.40. The summed E-state index contributed by atoms with van der Waals surface area (Å²) in [6, 6.07) is 3.19. The molecule has 11 heteroatoms. The number of rotatable bonds is 7. The molecule has 1 amide bonds. The molecule has 10 nitrogen and oxygen atoms in total. The zero-order chi connectivity index (χ0) is 23.7. The number of aromatic nitrogens is 6. The number of nitrogens with one attached hydrogen (secondary N) is 1. The number of amides is 1. The molecule has 33 heavy (non-hydrogen) atoms. The Morgan fingerprint density at radius 2 is 2.12 bits per heavy atom. The molecule has 3 aromatic heterocycles. The number of hydrogen-bond acceptors (Lipinski definition) is 7. The van der Waals surface area contributed by atoms with Crippen LogP contribution in [0.4, 0.5) is 5.82 Å². The highest BCUT2D eigenvalue weighted by Gasteiger charge is 2.28. The lowest BCUT2D eigenvalue weighted by molar-refractivity contribution is 0.0951. The summed E-state index contributed by atoms with van der Waals surface area (Å²) in [7, 11) is 0. The predicted octanol–water partition coefficient (Wildman–Crippen LogP) is 3.31. The third kappa shape index (κ3) is 3.86. The van der Waals surface area contributed by atoms with Gasteiger partial charge in [-0.2, -0.15) is 5.10 Å². The van der Waals surface area contributed by atoms with Gasteiger partial charge in [-0.15, -0.1) is 5.10 Å². The maximum absolute atomic E-state index is 12.9. The van der Waals surface area contributed by atoms with Gasteiger partial charge in [0.15, 0.2) is 11.5 Å². The summed E-state index contributed by atoms with van der Waals surface area (Å²) in [5.41, 5.74) is 8.47. The van der Waals surface area contributed by atoms with Gasteiger partial charge in [0.05, 0.1) is 18.2 Å². The van der Waals surface area contributed by atoms with Gasteiger partial charge in [0, 0.05) is 29.5 Å². The average Bonchev–Trinajstić information content (AvgIpc) is 3.44. The van der Waals surface area contributed by atoms with Crippen LogP contribution in [0.15, 0.2) is 30.9 Å². The number of halogens is 1. The van der Waals surface area contributed by atoms with Crippen LogP contribution in [-0.4, -0.2) is 48.6 Å². The van der Waals surface area contributed by atoms with Crippen molar-refractivity contribution in [2.75, 3.05) is 18.9 Å². The van der Waals surface area contributed by atoms with Gasteiger partial charge in [-0.25, -0.2) is 19.3 Å². The number of nitrogen functional groups attached to an aromatic ring is 1. The molecule has 0 aliphatic rings. The van der Waals surface area contributed by atoms with Crippen molar-refractivity contribution < 1.29 is 9.53 Å². The molecule has 4 rings (SSSR count). The molecule has 0 spiro atoms. The topological polar surface area (TPSA) is 126 Å². The SMILES string of the molecule is CCNC(=O)c1c(C)c(Cl)cc(C(C)n2nc(-n3cccn3)c3c(N)ncnc32)c1OCC. The van der Waals surface area contributed by atoms with Crippen LogP contribution >= 0.6 is 11.6 Å². The summed E-state index contributed by atoms with van der Waals surface area (Å²) in [5, 5.41) is 12.9. The predicted molar refractivity (Wildman–Crippen MR) is 126 cm³/mol. The number of nitrogens with zero attached hydrogens (tertiary/aromatic N) is 6. The van der Waals surface area contributed by atoms with Crippen molar-refractivity contribution in [1.82, 2.24) is 34.8 Å². The molecule has 0 bridgehead atoms. The van der Waals surface area contributed by atoms with E-state index in [0.29, 0.717) is 63.3 Å². The number of carbonyl (C=O) groups is 1. The summed E-state index contributed by atoms with van der Waals surface area (Å²) in [6.45, 7) is 8.32. The zero-order valence-corrected chi connectivity index (χ0v) is 19.6. The van der Waals surface area contributed by atoms with Crippen molar-refractivity contribution in [2.24, 2.45) is 0 Å². The first kappa shape index (κ1) is 22.5. The molecule has 3 N–H and O–H groups in total. The van der Waals surface area contributed by atoms with Gasteiger partial charge >= 0.3 is 0 Å². The maximum atomic E-state index is 12.9. The van der Waals surface area contributed by atoms with E-state index in [0.717, 1.165) is 0 Å². The van der Waals surface area contributed by atoms with E-state index in [1.165, 1.54) is 6.33 Å². The molecule has 1 atom stereocenters. The quantitative estimate of drug-likeness (QED) is 0.426.